The van der Waals surface area contributed by atoms with Crippen LogP contribution in [0.1, 0.15) is 85.0 Å². The fraction of sp³-hybridized carbons (Fsp3) is 1.00. The number of hydrogen-bond acceptors (Lipinski definition) is 1. The molecular weight excluding hydrogens is 254 g/mol. The second kappa shape index (κ2) is 6.60. The van der Waals surface area contributed by atoms with Crippen LogP contribution in [-0.2, 0) is 0 Å². The van der Waals surface area contributed by atoms with Crippen LogP contribution < -0.4 is 5.32 Å². The van der Waals surface area contributed by atoms with Crippen molar-refractivity contribution in [1.82, 2.24) is 5.32 Å². The summed E-state index contributed by atoms with van der Waals surface area (Å²) in [6, 6.07) is 0. The Bertz CT molecular complexity index is 329. The minimum absolute atomic E-state index is 0.281. The van der Waals surface area contributed by atoms with E-state index in [2.05, 4.69) is 26.1 Å². The van der Waals surface area contributed by atoms with Crippen molar-refractivity contribution in [2.24, 2.45) is 29.6 Å². The third kappa shape index (κ3) is 4.24. The Morgan fingerprint density at radius 3 is 2.19 bits per heavy atom. The molecule has 0 aromatic heterocycles. The molecule has 3 saturated carbocycles. The van der Waals surface area contributed by atoms with Crippen LogP contribution in [0.4, 0.5) is 0 Å². The highest BCUT2D eigenvalue weighted by molar-refractivity contribution is 4.92. The Morgan fingerprint density at radius 1 is 0.810 bits per heavy atom. The first-order valence-corrected chi connectivity index (χ1v) is 9.76. The molecule has 0 radical (unpaired) electrons. The van der Waals surface area contributed by atoms with Gasteiger partial charge in [0.05, 0.1) is 0 Å². The molecule has 3 rings (SSSR count). The number of fused-ring (bicyclic) bond motifs is 2. The van der Waals surface area contributed by atoms with Crippen LogP contribution in [-0.4, -0.2) is 12.1 Å². The molecule has 1 heteroatoms. The monoisotopic (exact) mass is 291 g/mol. The fourth-order valence-corrected chi connectivity index (χ4v) is 5.53. The second-order valence-corrected chi connectivity index (χ2v) is 9.46. The molecule has 3 aliphatic rings. The molecule has 5 atom stereocenters. The highest BCUT2D eigenvalue weighted by Gasteiger charge is 2.41. The smallest absolute Gasteiger partial charge is 0.00966 e. The van der Waals surface area contributed by atoms with Gasteiger partial charge in [-0.15, -0.1) is 0 Å². The van der Waals surface area contributed by atoms with E-state index < -0.39 is 0 Å². The van der Waals surface area contributed by atoms with E-state index in [1.54, 1.807) is 32.1 Å². The molecule has 3 fully saturated rings. The van der Waals surface area contributed by atoms with E-state index in [4.69, 9.17) is 0 Å². The van der Waals surface area contributed by atoms with Crippen molar-refractivity contribution in [3.63, 3.8) is 0 Å². The van der Waals surface area contributed by atoms with Gasteiger partial charge in [0.15, 0.2) is 0 Å². The molecule has 2 bridgehead atoms. The maximum Gasteiger partial charge on any atom is 0.00966 e. The summed E-state index contributed by atoms with van der Waals surface area (Å²) in [4.78, 5) is 0. The molecule has 3 aliphatic carbocycles. The minimum atomic E-state index is 0.281. The molecule has 0 heterocycles. The SMILES string of the molecule is CC(C)(C)NCC1CCCCCC1CC1CC2CCC1C2. The third-order valence-corrected chi connectivity index (χ3v) is 6.70. The largest absolute Gasteiger partial charge is 0.312 e. The minimum Gasteiger partial charge on any atom is -0.312 e. The van der Waals surface area contributed by atoms with Gasteiger partial charge in [0.1, 0.15) is 0 Å². The fourth-order valence-electron chi connectivity index (χ4n) is 5.53. The average molecular weight is 292 g/mol. The lowest BCUT2D eigenvalue weighted by molar-refractivity contribution is 0.195. The Morgan fingerprint density at radius 2 is 1.57 bits per heavy atom. The van der Waals surface area contributed by atoms with Crippen LogP contribution in [0.25, 0.3) is 0 Å². The molecule has 0 saturated heterocycles. The molecule has 1 N–H and O–H groups in total. The van der Waals surface area contributed by atoms with Crippen LogP contribution in [0.5, 0.6) is 0 Å². The molecule has 122 valence electrons. The summed E-state index contributed by atoms with van der Waals surface area (Å²) in [5.41, 5.74) is 0.281. The van der Waals surface area contributed by atoms with E-state index in [0.29, 0.717) is 0 Å². The zero-order valence-corrected chi connectivity index (χ0v) is 14.7. The van der Waals surface area contributed by atoms with Crippen LogP contribution in [0.15, 0.2) is 0 Å². The van der Waals surface area contributed by atoms with Crippen molar-refractivity contribution in [2.45, 2.75) is 90.5 Å². The summed E-state index contributed by atoms with van der Waals surface area (Å²) < 4.78 is 0. The van der Waals surface area contributed by atoms with Gasteiger partial charge in [0, 0.05) is 5.54 Å². The summed E-state index contributed by atoms with van der Waals surface area (Å²) in [6.07, 6.45) is 15.3. The van der Waals surface area contributed by atoms with Crippen molar-refractivity contribution in [3.8, 4) is 0 Å². The van der Waals surface area contributed by atoms with Crippen molar-refractivity contribution in [1.29, 1.82) is 0 Å². The molecule has 0 aromatic rings. The van der Waals surface area contributed by atoms with E-state index in [9.17, 15) is 0 Å². The van der Waals surface area contributed by atoms with Gasteiger partial charge >= 0.3 is 0 Å². The van der Waals surface area contributed by atoms with E-state index in [1.165, 1.54) is 38.6 Å². The van der Waals surface area contributed by atoms with Crippen molar-refractivity contribution >= 4 is 0 Å². The van der Waals surface area contributed by atoms with Gasteiger partial charge in [0.25, 0.3) is 0 Å². The van der Waals surface area contributed by atoms with Gasteiger partial charge in [-0.2, -0.15) is 0 Å². The van der Waals surface area contributed by atoms with E-state index >= 15 is 0 Å². The summed E-state index contributed by atoms with van der Waals surface area (Å²) in [5, 5.41) is 3.81. The highest BCUT2D eigenvalue weighted by atomic mass is 14.9. The van der Waals surface area contributed by atoms with Gasteiger partial charge in [-0.1, -0.05) is 32.1 Å². The normalized spacial score (nSPS) is 40.4. The Hall–Kier alpha value is -0.0400. The molecule has 0 amide bonds. The number of hydrogen-bond donors (Lipinski definition) is 1. The standard InChI is InChI=1S/C20H37N/c1-20(2,3)21-14-18-8-6-4-5-7-16(18)13-19-12-15-9-10-17(19)11-15/h15-19,21H,4-14H2,1-3H3. The topological polar surface area (TPSA) is 12.0 Å². The third-order valence-electron chi connectivity index (χ3n) is 6.70. The molecule has 0 aromatic carbocycles. The second-order valence-electron chi connectivity index (χ2n) is 9.46. The van der Waals surface area contributed by atoms with Gasteiger partial charge < -0.3 is 5.32 Å². The molecular formula is C20H37N. The molecule has 0 spiro atoms. The quantitative estimate of drug-likeness (QED) is 0.684. The van der Waals surface area contributed by atoms with Gasteiger partial charge in [-0.25, -0.2) is 0 Å². The van der Waals surface area contributed by atoms with Gasteiger partial charge in [-0.05, 0) is 89.0 Å². The molecule has 0 aliphatic heterocycles. The van der Waals surface area contributed by atoms with Crippen LogP contribution in [0.2, 0.25) is 0 Å². The first-order chi connectivity index (χ1) is 10.0. The van der Waals surface area contributed by atoms with E-state index in [0.717, 1.165) is 29.6 Å². The van der Waals surface area contributed by atoms with Crippen molar-refractivity contribution < 1.29 is 0 Å². The maximum atomic E-state index is 3.81. The Kier molecular flexibility index (Phi) is 4.98. The summed E-state index contributed by atoms with van der Waals surface area (Å²) in [7, 11) is 0. The van der Waals surface area contributed by atoms with E-state index in [-0.39, 0.29) is 5.54 Å². The van der Waals surface area contributed by atoms with Crippen LogP contribution in [0.3, 0.4) is 0 Å². The lowest BCUT2D eigenvalue weighted by Gasteiger charge is -2.33. The van der Waals surface area contributed by atoms with Crippen molar-refractivity contribution in [3.05, 3.63) is 0 Å². The Balaban J connectivity index is 1.56. The van der Waals surface area contributed by atoms with Crippen LogP contribution in [0, 0.1) is 29.6 Å². The van der Waals surface area contributed by atoms with Crippen LogP contribution >= 0.6 is 0 Å². The van der Waals surface area contributed by atoms with Crippen molar-refractivity contribution in [2.75, 3.05) is 6.54 Å². The predicted octanol–water partition coefficient (Wildman–Crippen LogP) is 5.40. The maximum absolute atomic E-state index is 3.81. The summed E-state index contributed by atoms with van der Waals surface area (Å²) in [6.45, 7) is 8.20. The highest BCUT2D eigenvalue weighted by Crippen LogP contribution is 2.51. The lowest BCUT2D eigenvalue weighted by Crippen LogP contribution is -2.41. The molecule has 1 nitrogen and oxygen atoms in total. The summed E-state index contributed by atoms with van der Waals surface area (Å²) in [5.74, 6) is 5.31. The van der Waals surface area contributed by atoms with Gasteiger partial charge in [-0.3, -0.25) is 0 Å². The predicted molar refractivity (Wildman–Crippen MR) is 91.4 cm³/mol. The first-order valence-electron chi connectivity index (χ1n) is 9.76. The number of rotatable bonds is 4. The zero-order chi connectivity index (χ0) is 14.9. The number of nitrogens with one attached hydrogen (secondary N) is 1. The average Bonchev–Trinajstić information content (AvgIpc) is 2.95. The first kappa shape index (κ1) is 15.8. The lowest BCUT2D eigenvalue weighted by atomic mass is 9.76. The zero-order valence-electron chi connectivity index (χ0n) is 14.7. The Labute approximate surface area is 132 Å². The molecule has 21 heavy (non-hydrogen) atoms. The van der Waals surface area contributed by atoms with Gasteiger partial charge in [0.2, 0.25) is 0 Å². The van der Waals surface area contributed by atoms with E-state index in [1.807, 2.05) is 0 Å². The molecule has 5 unspecified atom stereocenters. The summed E-state index contributed by atoms with van der Waals surface area (Å²) >= 11 is 0.